The van der Waals surface area contributed by atoms with Crippen molar-refractivity contribution in [1.82, 2.24) is 0 Å². The Labute approximate surface area is 114 Å². The van der Waals surface area contributed by atoms with Gasteiger partial charge in [-0.1, -0.05) is 30.3 Å². The number of phenols is 2. The normalized spacial score (nSPS) is 17.5. The summed E-state index contributed by atoms with van der Waals surface area (Å²) in [4.78, 5) is 24.1. The van der Waals surface area contributed by atoms with E-state index < -0.39 is 23.4 Å². The molecule has 20 heavy (non-hydrogen) atoms. The predicted molar refractivity (Wildman–Crippen MR) is 68.9 cm³/mol. The Bertz CT molecular complexity index is 706. The van der Waals surface area contributed by atoms with Gasteiger partial charge in [0.05, 0.1) is 0 Å². The number of aromatic hydroxyl groups is 2. The third kappa shape index (κ3) is 1.80. The molecule has 2 aromatic rings. The van der Waals surface area contributed by atoms with E-state index in [1.165, 1.54) is 6.07 Å². The average molecular weight is 270 g/mol. The summed E-state index contributed by atoms with van der Waals surface area (Å²) in [6, 6.07) is 10.8. The first kappa shape index (κ1) is 12.2. The standard InChI is InChI=1S/C15H10O5/c16-9-6-10(17)12-11(7-9)20-15(14(19)13(12)18)8-4-2-1-3-5-8/h1-7,15-17H. The van der Waals surface area contributed by atoms with Crippen molar-refractivity contribution < 1.29 is 24.5 Å². The van der Waals surface area contributed by atoms with Crippen LogP contribution in [0.25, 0.3) is 0 Å². The molecule has 3 rings (SSSR count). The molecule has 5 heteroatoms. The van der Waals surface area contributed by atoms with E-state index in [0.717, 1.165) is 6.07 Å². The van der Waals surface area contributed by atoms with Gasteiger partial charge >= 0.3 is 0 Å². The highest BCUT2D eigenvalue weighted by atomic mass is 16.5. The minimum absolute atomic E-state index is 0.000882. The number of fused-ring (bicyclic) bond motifs is 1. The lowest BCUT2D eigenvalue weighted by atomic mass is 9.94. The monoisotopic (exact) mass is 270 g/mol. The number of benzene rings is 2. The van der Waals surface area contributed by atoms with Gasteiger partial charge < -0.3 is 14.9 Å². The smallest absolute Gasteiger partial charge is 0.248 e. The largest absolute Gasteiger partial charge is 0.508 e. The molecule has 0 spiro atoms. The molecule has 0 radical (unpaired) electrons. The Morgan fingerprint density at radius 1 is 1.00 bits per heavy atom. The van der Waals surface area contributed by atoms with Crippen LogP contribution < -0.4 is 4.74 Å². The molecule has 2 N–H and O–H groups in total. The summed E-state index contributed by atoms with van der Waals surface area (Å²) in [5.74, 6) is -2.27. The zero-order valence-corrected chi connectivity index (χ0v) is 10.2. The molecule has 5 nitrogen and oxygen atoms in total. The van der Waals surface area contributed by atoms with Crippen molar-refractivity contribution in [2.75, 3.05) is 0 Å². The molecule has 1 atom stereocenters. The van der Waals surface area contributed by atoms with Gasteiger partial charge in [0.15, 0.2) is 6.10 Å². The molecular formula is C15H10O5. The molecule has 0 bridgehead atoms. The number of carbonyl (C=O) groups is 2. The Kier molecular flexibility index (Phi) is 2.68. The number of hydrogen-bond donors (Lipinski definition) is 2. The number of hydrogen-bond acceptors (Lipinski definition) is 5. The summed E-state index contributed by atoms with van der Waals surface area (Å²) in [7, 11) is 0. The number of carbonyl (C=O) groups excluding carboxylic acids is 2. The van der Waals surface area contributed by atoms with E-state index in [0.29, 0.717) is 5.56 Å². The molecule has 0 amide bonds. The van der Waals surface area contributed by atoms with Gasteiger partial charge in [0.1, 0.15) is 22.8 Å². The molecule has 0 aromatic heterocycles. The fourth-order valence-electron chi connectivity index (χ4n) is 2.18. The van der Waals surface area contributed by atoms with Crippen LogP contribution in [-0.4, -0.2) is 21.8 Å². The van der Waals surface area contributed by atoms with Crippen molar-refractivity contribution in [3.63, 3.8) is 0 Å². The van der Waals surface area contributed by atoms with E-state index in [4.69, 9.17) is 4.74 Å². The Morgan fingerprint density at radius 3 is 2.40 bits per heavy atom. The van der Waals surface area contributed by atoms with Gasteiger partial charge in [-0.25, -0.2) is 0 Å². The van der Waals surface area contributed by atoms with E-state index in [9.17, 15) is 19.8 Å². The first-order valence-electron chi connectivity index (χ1n) is 5.94. The van der Waals surface area contributed by atoms with Crippen molar-refractivity contribution in [1.29, 1.82) is 0 Å². The Hall–Kier alpha value is -2.82. The predicted octanol–water partition coefficient (Wildman–Crippen LogP) is 1.98. The third-order valence-electron chi connectivity index (χ3n) is 3.10. The highest BCUT2D eigenvalue weighted by Crippen LogP contribution is 2.40. The van der Waals surface area contributed by atoms with Crippen molar-refractivity contribution in [3.8, 4) is 17.2 Å². The lowest BCUT2D eigenvalue weighted by Crippen LogP contribution is -2.31. The summed E-state index contributed by atoms with van der Waals surface area (Å²) in [5, 5.41) is 19.1. The van der Waals surface area contributed by atoms with Gasteiger partial charge in [0.25, 0.3) is 0 Å². The van der Waals surface area contributed by atoms with E-state index in [1.54, 1.807) is 30.3 Å². The van der Waals surface area contributed by atoms with Crippen LogP contribution in [0.3, 0.4) is 0 Å². The van der Waals surface area contributed by atoms with E-state index in [2.05, 4.69) is 0 Å². The molecule has 1 aliphatic rings. The SMILES string of the molecule is O=C1C(=O)C(c2ccccc2)Oc2cc(O)cc(O)c21. The Balaban J connectivity index is 2.12. The van der Waals surface area contributed by atoms with Gasteiger partial charge in [-0.15, -0.1) is 0 Å². The molecular weight excluding hydrogens is 260 g/mol. The summed E-state index contributed by atoms with van der Waals surface area (Å²) in [6.45, 7) is 0. The van der Waals surface area contributed by atoms with Crippen LogP contribution in [-0.2, 0) is 4.79 Å². The molecule has 1 unspecified atom stereocenters. The van der Waals surface area contributed by atoms with Gasteiger partial charge in [-0.05, 0) is 0 Å². The topological polar surface area (TPSA) is 83.8 Å². The summed E-state index contributed by atoms with van der Waals surface area (Å²) in [6.07, 6.45) is -1.06. The second-order valence-corrected chi connectivity index (χ2v) is 4.44. The van der Waals surface area contributed by atoms with Crippen LogP contribution in [0.5, 0.6) is 17.2 Å². The van der Waals surface area contributed by atoms with Crippen LogP contribution in [0.1, 0.15) is 22.0 Å². The first-order valence-corrected chi connectivity index (χ1v) is 5.94. The number of rotatable bonds is 1. The first-order chi connectivity index (χ1) is 9.58. The molecule has 1 heterocycles. The van der Waals surface area contributed by atoms with Crippen molar-refractivity contribution >= 4 is 11.6 Å². The van der Waals surface area contributed by atoms with Crippen molar-refractivity contribution in [2.45, 2.75) is 6.10 Å². The summed E-state index contributed by atoms with van der Waals surface area (Å²) >= 11 is 0. The van der Waals surface area contributed by atoms with Crippen LogP contribution in [0.4, 0.5) is 0 Å². The molecule has 2 aromatic carbocycles. The molecule has 0 fully saturated rings. The minimum Gasteiger partial charge on any atom is -0.508 e. The number of Topliss-reactive ketones (excluding diaryl/α,β-unsaturated/α-hetero) is 2. The molecule has 100 valence electrons. The van der Waals surface area contributed by atoms with Crippen molar-refractivity contribution in [3.05, 3.63) is 53.6 Å². The second kappa shape index (κ2) is 4.38. The quantitative estimate of drug-likeness (QED) is 0.774. The maximum absolute atomic E-state index is 12.1. The van der Waals surface area contributed by atoms with Gasteiger partial charge in [-0.2, -0.15) is 0 Å². The lowest BCUT2D eigenvalue weighted by molar-refractivity contribution is -0.122. The lowest BCUT2D eigenvalue weighted by Gasteiger charge is -2.24. The van der Waals surface area contributed by atoms with Crippen molar-refractivity contribution in [2.24, 2.45) is 0 Å². The number of ketones is 2. The minimum atomic E-state index is -1.06. The summed E-state index contributed by atoms with van der Waals surface area (Å²) < 4.78 is 5.47. The summed E-state index contributed by atoms with van der Waals surface area (Å²) in [5.41, 5.74) is 0.333. The second-order valence-electron chi connectivity index (χ2n) is 4.44. The van der Waals surface area contributed by atoms with E-state index >= 15 is 0 Å². The molecule has 0 saturated carbocycles. The average Bonchev–Trinajstić information content (AvgIpc) is 2.43. The van der Waals surface area contributed by atoms with E-state index in [-0.39, 0.29) is 17.1 Å². The maximum Gasteiger partial charge on any atom is 0.248 e. The zero-order chi connectivity index (χ0) is 14.3. The molecule has 1 aliphatic heterocycles. The maximum atomic E-state index is 12.1. The van der Waals surface area contributed by atoms with Crippen LogP contribution >= 0.6 is 0 Å². The fraction of sp³-hybridized carbons (Fsp3) is 0.0667. The number of phenolic OH excluding ortho intramolecular Hbond substituents is 2. The highest BCUT2D eigenvalue weighted by Gasteiger charge is 2.38. The Morgan fingerprint density at radius 2 is 1.70 bits per heavy atom. The number of ether oxygens (including phenoxy) is 1. The van der Waals surface area contributed by atoms with Crippen LogP contribution in [0, 0.1) is 0 Å². The van der Waals surface area contributed by atoms with E-state index in [1.807, 2.05) is 0 Å². The third-order valence-corrected chi connectivity index (χ3v) is 3.10. The highest BCUT2D eigenvalue weighted by molar-refractivity contribution is 6.47. The van der Waals surface area contributed by atoms with Crippen LogP contribution in [0.2, 0.25) is 0 Å². The molecule has 0 saturated heterocycles. The van der Waals surface area contributed by atoms with Crippen LogP contribution in [0.15, 0.2) is 42.5 Å². The van der Waals surface area contributed by atoms with Gasteiger partial charge in [0, 0.05) is 17.7 Å². The van der Waals surface area contributed by atoms with Gasteiger partial charge in [-0.3, -0.25) is 9.59 Å². The fourth-order valence-corrected chi connectivity index (χ4v) is 2.18. The zero-order valence-electron chi connectivity index (χ0n) is 10.2. The van der Waals surface area contributed by atoms with Gasteiger partial charge in [0.2, 0.25) is 11.6 Å². The molecule has 0 aliphatic carbocycles.